The van der Waals surface area contributed by atoms with E-state index in [9.17, 15) is 5.11 Å². The third-order valence-corrected chi connectivity index (χ3v) is 3.94. The van der Waals surface area contributed by atoms with E-state index in [2.05, 4.69) is 6.07 Å². The molecule has 0 spiro atoms. The average Bonchev–Trinajstić information content (AvgIpc) is 2.31. The topological polar surface area (TPSA) is 20.2 Å². The lowest BCUT2D eigenvalue weighted by Gasteiger charge is -2.25. The highest BCUT2D eigenvalue weighted by Crippen LogP contribution is 2.30. The van der Waals surface area contributed by atoms with Gasteiger partial charge in [-0.3, -0.25) is 0 Å². The zero-order chi connectivity index (χ0) is 14.9. The van der Waals surface area contributed by atoms with E-state index in [1.54, 1.807) is 0 Å². The molecule has 2 rings (SSSR count). The van der Waals surface area contributed by atoms with Crippen LogP contribution in [-0.4, -0.2) is 5.11 Å². The van der Waals surface area contributed by atoms with Crippen LogP contribution >= 0.6 is 11.6 Å². The monoisotopic (exact) mass is 288 g/mol. The minimum atomic E-state index is -0.921. The summed E-state index contributed by atoms with van der Waals surface area (Å²) in [6.45, 7) is 7.95. The van der Waals surface area contributed by atoms with Gasteiger partial charge in [-0.05, 0) is 50.5 Å². The fraction of sp³-hybridized carbons (Fsp3) is 0.333. The van der Waals surface area contributed by atoms with Crippen molar-refractivity contribution in [1.82, 2.24) is 0 Å². The van der Waals surface area contributed by atoms with Crippen LogP contribution in [0, 0.1) is 20.8 Å². The zero-order valence-electron chi connectivity index (χ0n) is 12.5. The van der Waals surface area contributed by atoms with E-state index in [1.165, 1.54) is 0 Å². The molecule has 1 nitrogen and oxygen atoms in total. The third-order valence-electron chi connectivity index (χ3n) is 3.59. The van der Waals surface area contributed by atoms with Gasteiger partial charge in [0.25, 0.3) is 0 Å². The molecule has 0 fully saturated rings. The van der Waals surface area contributed by atoms with Crippen molar-refractivity contribution in [3.63, 3.8) is 0 Å². The number of rotatable bonds is 3. The molecule has 2 aromatic rings. The molecule has 2 aromatic carbocycles. The van der Waals surface area contributed by atoms with Crippen LogP contribution in [-0.2, 0) is 12.0 Å². The lowest BCUT2D eigenvalue weighted by molar-refractivity contribution is 0.0575. The largest absolute Gasteiger partial charge is 0.385 e. The van der Waals surface area contributed by atoms with E-state index in [4.69, 9.17) is 11.6 Å². The Kier molecular flexibility index (Phi) is 4.22. The zero-order valence-corrected chi connectivity index (χ0v) is 13.3. The average molecular weight is 289 g/mol. The van der Waals surface area contributed by atoms with Gasteiger partial charge < -0.3 is 5.11 Å². The molecule has 0 heterocycles. The summed E-state index contributed by atoms with van der Waals surface area (Å²) in [6.07, 6.45) is 0.509. The van der Waals surface area contributed by atoms with E-state index in [1.807, 2.05) is 58.0 Å². The van der Waals surface area contributed by atoms with Crippen LogP contribution in [0.15, 0.2) is 36.4 Å². The predicted molar refractivity (Wildman–Crippen MR) is 85.4 cm³/mol. The second-order valence-corrected chi connectivity index (χ2v) is 6.33. The summed E-state index contributed by atoms with van der Waals surface area (Å²) < 4.78 is 0. The van der Waals surface area contributed by atoms with Crippen molar-refractivity contribution in [1.29, 1.82) is 0 Å². The van der Waals surface area contributed by atoms with Crippen LogP contribution in [0.25, 0.3) is 0 Å². The molecular weight excluding hydrogens is 268 g/mol. The molecule has 0 bridgehead atoms. The minimum Gasteiger partial charge on any atom is -0.385 e. The maximum absolute atomic E-state index is 10.8. The first-order valence-electron chi connectivity index (χ1n) is 6.84. The maximum Gasteiger partial charge on any atom is 0.0909 e. The Morgan fingerprint density at radius 1 is 0.950 bits per heavy atom. The molecule has 1 N–H and O–H groups in total. The van der Waals surface area contributed by atoms with Gasteiger partial charge >= 0.3 is 0 Å². The van der Waals surface area contributed by atoms with Crippen molar-refractivity contribution in [3.8, 4) is 0 Å². The van der Waals surface area contributed by atoms with Crippen molar-refractivity contribution in [3.05, 3.63) is 69.2 Å². The molecule has 1 unspecified atom stereocenters. The summed E-state index contributed by atoms with van der Waals surface area (Å²) in [6, 6.07) is 12.1. The molecule has 0 amide bonds. The van der Waals surface area contributed by atoms with E-state index < -0.39 is 5.60 Å². The second kappa shape index (κ2) is 5.59. The standard InChI is InChI=1S/C18H21ClO/c1-12-5-6-15(17(19)10-12)11-18(4,20)16-8-13(2)7-14(3)9-16/h5-10,20H,11H2,1-4H3. The molecule has 20 heavy (non-hydrogen) atoms. The lowest BCUT2D eigenvalue weighted by Crippen LogP contribution is -2.24. The molecule has 0 aromatic heterocycles. The molecule has 0 aliphatic rings. The minimum absolute atomic E-state index is 0.509. The van der Waals surface area contributed by atoms with Crippen molar-refractivity contribution < 1.29 is 5.11 Å². The number of aryl methyl sites for hydroxylation is 3. The first-order chi connectivity index (χ1) is 9.28. The van der Waals surface area contributed by atoms with Crippen molar-refractivity contribution >= 4 is 11.6 Å². The highest BCUT2D eigenvalue weighted by Gasteiger charge is 2.25. The highest BCUT2D eigenvalue weighted by atomic mass is 35.5. The molecule has 0 saturated carbocycles. The van der Waals surface area contributed by atoms with E-state index in [-0.39, 0.29) is 0 Å². The van der Waals surface area contributed by atoms with Gasteiger partial charge in [-0.15, -0.1) is 0 Å². The van der Waals surface area contributed by atoms with Gasteiger partial charge in [0.1, 0.15) is 0 Å². The fourth-order valence-corrected chi connectivity index (χ4v) is 2.86. The number of hydrogen-bond donors (Lipinski definition) is 1. The molecule has 1 atom stereocenters. The van der Waals surface area contributed by atoms with Crippen molar-refractivity contribution in [2.45, 2.75) is 39.7 Å². The second-order valence-electron chi connectivity index (χ2n) is 5.92. The number of aliphatic hydroxyl groups is 1. The van der Waals surface area contributed by atoms with Gasteiger partial charge in [0.05, 0.1) is 5.60 Å². The molecule has 2 heteroatoms. The van der Waals surface area contributed by atoms with Gasteiger partial charge in [0.2, 0.25) is 0 Å². The van der Waals surface area contributed by atoms with E-state index in [0.29, 0.717) is 6.42 Å². The van der Waals surface area contributed by atoms with Gasteiger partial charge in [-0.25, -0.2) is 0 Å². The number of halogens is 1. The maximum atomic E-state index is 10.8. The van der Waals surface area contributed by atoms with E-state index >= 15 is 0 Å². The van der Waals surface area contributed by atoms with Crippen LogP contribution in [0.5, 0.6) is 0 Å². The Morgan fingerprint density at radius 2 is 1.55 bits per heavy atom. The van der Waals surface area contributed by atoms with Crippen LogP contribution in [0.1, 0.15) is 34.7 Å². The Hall–Kier alpha value is -1.31. The SMILES string of the molecule is Cc1cc(C)cc(C(C)(O)Cc2ccc(C)cc2Cl)c1. The summed E-state index contributed by atoms with van der Waals surface area (Å²) in [5.41, 5.74) is 4.44. The van der Waals surface area contributed by atoms with Crippen LogP contribution in [0.2, 0.25) is 5.02 Å². The molecule has 0 aliphatic carbocycles. The summed E-state index contributed by atoms with van der Waals surface area (Å²) in [4.78, 5) is 0. The van der Waals surface area contributed by atoms with Gasteiger partial charge in [0, 0.05) is 11.4 Å². The van der Waals surface area contributed by atoms with E-state index in [0.717, 1.165) is 32.8 Å². The van der Waals surface area contributed by atoms with Crippen LogP contribution < -0.4 is 0 Å². The first kappa shape index (κ1) is 15.1. The summed E-state index contributed by atoms with van der Waals surface area (Å²) in [7, 11) is 0. The summed E-state index contributed by atoms with van der Waals surface area (Å²) in [5, 5.41) is 11.5. The Morgan fingerprint density at radius 3 is 2.10 bits per heavy atom. The molecule has 0 aliphatic heterocycles. The molecule has 106 valence electrons. The quantitative estimate of drug-likeness (QED) is 0.867. The molecular formula is C18H21ClO. The molecule has 0 radical (unpaired) electrons. The number of benzene rings is 2. The van der Waals surface area contributed by atoms with Crippen LogP contribution in [0.3, 0.4) is 0 Å². The normalized spacial score (nSPS) is 14.1. The highest BCUT2D eigenvalue weighted by molar-refractivity contribution is 6.31. The Labute approximate surface area is 126 Å². The Balaban J connectivity index is 2.34. The third kappa shape index (κ3) is 3.41. The van der Waals surface area contributed by atoms with Gasteiger partial charge in [0.15, 0.2) is 0 Å². The molecule has 0 saturated heterocycles. The van der Waals surface area contributed by atoms with Gasteiger partial charge in [-0.1, -0.05) is 53.1 Å². The van der Waals surface area contributed by atoms with Gasteiger partial charge in [-0.2, -0.15) is 0 Å². The fourth-order valence-electron chi connectivity index (χ4n) is 2.55. The predicted octanol–water partition coefficient (Wildman–Crippen LogP) is 4.72. The van der Waals surface area contributed by atoms with Crippen molar-refractivity contribution in [2.24, 2.45) is 0 Å². The van der Waals surface area contributed by atoms with Crippen molar-refractivity contribution in [2.75, 3.05) is 0 Å². The smallest absolute Gasteiger partial charge is 0.0909 e. The summed E-state index contributed by atoms with van der Waals surface area (Å²) in [5.74, 6) is 0. The van der Waals surface area contributed by atoms with Crippen LogP contribution in [0.4, 0.5) is 0 Å². The first-order valence-corrected chi connectivity index (χ1v) is 7.22. The Bertz CT molecular complexity index is 609. The summed E-state index contributed by atoms with van der Waals surface area (Å²) >= 11 is 6.27. The lowest BCUT2D eigenvalue weighted by atomic mass is 9.87. The number of hydrogen-bond acceptors (Lipinski definition) is 1.